The average molecular weight is 494 g/mol. The van der Waals surface area contributed by atoms with Gasteiger partial charge in [-0.15, -0.1) is 0 Å². The molecule has 1 amide bonds. The number of ketones is 1. The van der Waals surface area contributed by atoms with Crippen LogP contribution in [0.4, 0.5) is 0 Å². The van der Waals surface area contributed by atoms with Gasteiger partial charge in [0.15, 0.2) is 0 Å². The van der Waals surface area contributed by atoms with Gasteiger partial charge in [-0.3, -0.25) is 9.59 Å². The Morgan fingerprint density at radius 2 is 1.72 bits per heavy atom. The van der Waals surface area contributed by atoms with Gasteiger partial charge in [-0.1, -0.05) is 58.4 Å². The van der Waals surface area contributed by atoms with Crippen molar-refractivity contribution in [3.63, 3.8) is 0 Å². The van der Waals surface area contributed by atoms with Crippen LogP contribution in [0.5, 0.6) is 5.75 Å². The lowest BCUT2D eigenvalue weighted by atomic mass is 9.85. The fraction of sp³-hybridized carbons (Fsp3) is 0.467. The summed E-state index contributed by atoms with van der Waals surface area (Å²) in [4.78, 5) is 27.9. The van der Waals surface area contributed by atoms with Crippen LogP contribution in [0.3, 0.4) is 0 Å². The number of hydrogen-bond donors (Lipinski definition) is 1. The zero-order chi connectivity index (χ0) is 26.5. The molecular weight excluding hydrogens is 454 g/mol. The first-order valence-corrected chi connectivity index (χ1v) is 12.7. The van der Waals surface area contributed by atoms with Gasteiger partial charge < -0.3 is 19.5 Å². The largest absolute Gasteiger partial charge is 0.507 e. The smallest absolute Gasteiger partial charge is 0.295 e. The number of carbonyl (C=O) groups is 2. The number of methoxy groups -OCH3 is 1. The third-order valence-electron chi connectivity index (χ3n) is 6.58. The van der Waals surface area contributed by atoms with Gasteiger partial charge in [0, 0.05) is 25.8 Å². The zero-order valence-electron chi connectivity index (χ0n) is 22.4. The third kappa shape index (κ3) is 5.98. The van der Waals surface area contributed by atoms with E-state index in [0.717, 1.165) is 35.3 Å². The number of Topliss-reactive ketones (excluding diaryl/α,β-unsaturated/α-hetero) is 1. The number of aliphatic hydroxyl groups is 1. The van der Waals surface area contributed by atoms with Gasteiger partial charge in [-0.25, -0.2) is 0 Å². The van der Waals surface area contributed by atoms with Gasteiger partial charge in [-0.05, 0) is 60.1 Å². The minimum Gasteiger partial charge on any atom is -0.507 e. The number of nitrogens with zero attached hydrogens (tertiary/aromatic N) is 1. The Morgan fingerprint density at radius 1 is 1.03 bits per heavy atom. The summed E-state index contributed by atoms with van der Waals surface area (Å²) < 4.78 is 11.0. The number of hydrogen-bond acceptors (Lipinski definition) is 5. The second-order valence-electron chi connectivity index (χ2n) is 10.4. The second kappa shape index (κ2) is 11.7. The van der Waals surface area contributed by atoms with Crippen molar-refractivity contribution in [2.45, 2.75) is 65.3 Å². The molecule has 1 atom stereocenters. The predicted octanol–water partition coefficient (Wildman–Crippen LogP) is 5.93. The molecule has 1 heterocycles. The first-order valence-electron chi connectivity index (χ1n) is 12.7. The number of rotatable bonds is 10. The molecule has 0 spiro atoms. The molecule has 1 unspecified atom stereocenters. The Labute approximate surface area is 214 Å². The summed E-state index contributed by atoms with van der Waals surface area (Å²) in [6.45, 7) is 11.9. The number of amides is 1. The number of unbranched alkanes of at least 4 members (excludes halogenated alkanes) is 1. The van der Waals surface area contributed by atoms with Gasteiger partial charge >= 0.3 is 0 Å². The van der Waals surface area contributed by atoms with Crippen LogP contribution in [0.25, 0.3) is 5.76 Å². The van der Waals surface area contributed by atoms with E-state index in [9.17, 15) is 14.7 Å². The maximum absolute atomic E-state index is 13.2. The number of aryl methyl sites for hydroxylation is 1. The Hall–Kier alpha value is -3.12. The van der Waals surface area contributed by atoms with E-state index >= 15 is 0 Å². The Kier molecular flexibility index (Phi) is 8.96. The maximum Gasteiger partial charge on any atom is 0.295 e. The zero-order valence-corrected chi connectivity index (χ0v) is 22.4. The highest BCUT2D eigenvalue weighted by Gasteiger charge is 2.45. The summed E-state index contributed by atoms with van der Waals surface area (Å²) in [6, 6.07) is 12.6. The highest BCUT2D eigenvalue weighted by Crippen LogP contribution is 2.40. The molecular formula is C30H39NO5. The summed E-state index contributed by atoms with van der Waals surface area (Å²) in [5.41, 5.74) is 3.36. The summed E-state index contributed by atoms with van der Waals surface area (Å²) in [7, 11) is 1.61. The van der Waals surface area contributed by atoms with E-state index in [1.54, 1.807) is 24.1 Å². The monoisotopic (exact) mass is 493 g/mol. The highest BCUT2D eigenvalue weighted by atomic mass is 16.5. The van der Waals surface area contributed by atoms with Gasteiger partial charge in [-0.2, -0.15) is 0 Å². The lowest BCUT2D eigenvalue weighted by molar-refractivity contribution is -0.140. The van der Waals surface area contributed by atoms with Crippen LogP contribution in [0.1, 0.15) is 75.3 Å². The van der Waals surface area contributed by atoms with Crippen molar-refractivity contribution < 1.29 is 24.2 Å². The molecule has 6 nitrogen and oxygen atoms in total. The number of ether oxygens (including phenoxy) is 2. The van der Waals surface area contributed by atoms with Gasteiger partial charge in [0.05, 0.1) is 18.2 Å². The molecule has 6 heteroatoms. The van der Waals surface area contributed by atoms with E-state index in [4.69, 9.17) is 9.47 Å². The quantitative estimate of drug-likeness (QED) is 0.192. The first kappa shape index (κ1) is 27.5. The lowest BCUT2D eigenvalue weighted by Gasteiger charge is -2.26. The summed E-state index contributed by atoms with van der Waals surface area (Å²) in [5, 5.41) is 11.4. The summed E-state index contributed by atoms with van der Waals surface area (Å²) in [5.74, 6) is -0.699. The van der Waals surface area contributed by atoms with Crippen LogP contribution in [0.15, 0.2) is 48.0 Å². The molecule has 36 heavy (non-hydrogen) atoms. The summed E-state index contributed by atoms with van der Waals surface area (Å²) >= 11 is 0. The number of aliphatic hydroxyl groups excluding tert-OH is 1. The minimum atomic E-state index is -0.671. The van der Waals surface area contributed by atoms with Crippen molar-refractivity contribution in [3.8, 4) is 5.75 Å². The average Bonchev–Trinajstić information content (AvgIpc) is 3.09. The third-order valence-corrected chi connectivity index (χ3v) is 6.58. The maximum atomic E-state index is 13.2. The predicted molar refractivity (Wildman–Crippen MR) is 142 cm³/mol. The van der Waals surface area contributed by atoms with Crippen molar-refractivity contribution in [1.82, 2.24) is 4.90 Å². The molecule has 0 aliphatic carbocycles. The first-order chi connectivity index (χ1) is 17.1. The van der Waals surface area contributed by atoms with Crippen LogP contribution in [-0.4, -0.2) is 48.6 Å². The fourth-order valence-corrected chi connectivity index (χ4v) is 4.44. The standard InChI is InChI=1S/C30H39NO5/c1-7-8-18-36-24-15-12-22(19-20(24)2)27(32)25-26(21-10-13-23(14-11-21)30(3,4)5)31(16-9-17-35-6)29(34)28(25)33/h10-15,19,26,32H,7-9,16-18H2,1-6H3/b27-25+. The lowest BCUT2D eigenvalue weighted by Crippen LogP contribution is -2.31. The molecule has 1 aliphatic rings. The van der Waals surface area contributed by atoms with Crippen molar-refractivity contribution in [2.24, 2.45) is 0 Å². The molecule has 0 aromatic heterocycles. The Morgan fingerprint density at radius 3 is 2.31 bits per heavy atom. The fourth-order valence-electron chi connectivity index (χ4n) is 4.44. The van der Waals surface area contributed by atoms with E-state index in [1.807, 2.05) is 37.3 Å². The van der Waals surface area contributed by atoms with Crippen molar-refractivity contribution >= 4 is 17.4 Å². The van der Waals surface area contributed by atoms with Crippen LogP contribution >= 0.6 is 0 Å². The van der Waals surface area contributed by atoms with Crippen molar-refractivity contribution in [1.29, 1.82) is 0 Å². The molecule has 194 valence electrons. The van der Waals surface area contributed by atoms with E-state index in [2.05, 4.69) is 27.7 Å². The van der Waals surface area contributed by atoms with Crippen molar-refractivity contribution in [2.75, 3.05) is 26.9 Å². The molecule has 2 aromatic rings. The SMILES string of the molecule is CCCCOc1ccc(/C(O)=C2\C(=O)C(=O)N(CCCOC)C2c2ccc(C(C)(C)C)cc2)cc1C. The van der Waals surface area contributed by atoms with E-state index in [1.165, 1.54) is 0 Å². The molecule has 2 aromatic carbocycles. The van der Waals surface area contributed by atoms with Gasteiger partial charge in [0.25, 0.3) is 11.7 Å². The molecule has 1 saturated heterocycles. The van der Waals surface area contributed by atoms with Crippen LogP contribution in [0.2, 0.25) is 0 Å². The van der Waals surface area contributed by atoms with Gasteiger partial charge in [0.2, 0.25) is 0 Å². The number of benzene rings is 2. The van der Waals surface area contributed by atoms with Crippen LogP contribution < -0.4 is 4.74 Å². The normalized spacial score (nSPS) is 17.6. The van der Waals surface area contributed by atoms with Crippen LogP contribution in [-0.2, 0) is 19.7 Å². The van der Waals surface area contributed by atoms with Gasteiger partial charge in [0.1, 0.15) is 11.5 Å². The molecule has 1 aliphatic heterocycles. The van der Waals surface area contributed by atoms with Crippen LogP contribution in [0, 0.1) is 6.92 Å². The second-order valence-corrected chi connectivity index (χ2v) is 10.4. The van der Waals surface area contributed by atoms with Crippen molar-refractivity contribution in [3.05, 3.63) is 70.3 Å². The molecule has 1 N–H and O–H groups in total. The van der Waals surface area contributed by atoms with E-state index in [-0.39, 0.29) is 16.7 Å². The Balaban J connectivity index is 2.05. The molecule has 0 saturated carbocycles. The summed E-state index contributed by atoms with van der Waals surface area (Å²) in [6.07, 6.45) is 2.59. The van der Waals surface area contributed by atoms with E-state index in [0.29, 0.717) is 31.7 Å². The minimum absolute atomic E-state index is 0.0305. The topological polar surface area (TPSA) is 76.1 Å². The molecule has 1 fully saturated rings. The Bertz CT molecular complexity index is 1110. The molecule has 0 radical (unpaired) electrons. The molecule has 0 bridgehead atoms. The molecule has 3 rings (SSSR count). The van der Waals surface area contributed by atoms with E-state index < -0.39 is 17.7 Å². The number of likely N-dealkylation sites (tertiary alicyclic amines) is 1. The number of carbonyl (C=O) groups excluding carboxylic acids is 2. The highest BCUT2D eigenvalue weighted by molar-refractivity contribution is 6.46.